The van der Waals surface area contributed by atoms with Crippen molar-refractivity contribution in [3.8, 4) is 0 Å². The molecule has 0 aliphatic heterocycles. The van der Waals surface area contributed by atoms with Gasteiger partial charge in [0.05, 0.1) is 18.1 Å². The molecule has 7 nitrogen and oxygen atoms in total. The lowest BCUT2D eigenvalue weighted by Crippen LogP contribution is -2.20. The number of hydrogen-bond donors (Lipinski definition) is 1. The van der Waals surface area contributed by atoms with Crippen molar-refractivity contribution in [2.24, 2.45) is 7.05 Å². The molecule has 0 aliphatic carbocycles. The molecule has 0 aliphatic rings. The topological polar surface area (TPSA) is 85.8 Å². The zero-order chi connectivity index (χ0) is 14.3. The van der Waals surface area contributed by atoms with Crippen molar-refractivity contribution in [1.29, 1.82) is 0 Å². The van der Waals surface area contributed by atoms with Crippen molar-refractivity contribution in [1.82, 2.24) is 24.7 Å². The maximum Gasteiger partial charge on any atom is 0.229 e. The second-order valence-corrected chi connectivity index (χ2v) is 5.60. The molecule has 8 heteroatoms. The van der Waals surface area contributed by atoms with Crippen molar-refractivity contribution in [3.05, 3.63) is 22.3 Å². The summed E-state index contributed by atoms with van der Waals surface area (Å²) < 4.78 is 1.69. The number of fused-ring (bicyclic) bond motifs is 1. The van der Waals surface area contributed by atoms with Crippen molar-refractivity contribution >= 4 is 34.1 Å². The second-order valence-electron chi connectivity index (χ2n) is 4.65. The van der Waals surface area contributed by atoms with Crippen LogP contribution >= 0.6 is 11.3 Å². The fraction of sp³-hybridized carbons (Fsp3) is 0.333. The summed E-state index contributed by atoms with van der Waals surface area (Å²) >= 11 is 1.63. The fourth-order valence-electron chi connectivity index (χ4n) is 1.95. The van der Waals surface area contributed by atoms with Gasteiger partial charge in [0.15, 0.2) is 5.65 Å². The summed E-state index contributed by atoms with van der Waals surface area (Å²) in [6, 6.07) is 0. The number of nitrogens with zero attached hydrogens (tertiary/aromatic N) is 6. The number of aromatic nitrogens is 5. The Balaban J connectivity index is 1.94. The largest absolute Gasteiger partial charge is 0.383 e. The van der Waals surface area contributed by atoms with Crippen LogP contribution in [0.3, 0.4) is 0 Å². The molecule has 3 aromatic heterocycles. The number of aryl methyl sites for hydroxylation is 2. The summed E-state index contributed by atoms with van der Waals surface area (Å²) in [5, 5.41) is 7.98. The molecule has 2 N–H and O–H groups in total. The number of anilines is 2. The van der Waals surface area contributed by atoms with E-state index in [9.17, 15) is 0 Å². The molecule has 0 amide bonds. The Morgan fingerprint density at radius 1 is 1.35 bits per heavy atom. The minimum atomic E-state index is 0.445. The molecule has 0 saturated carbocycles. The van der Waals surface area contributed by atoms with Crippen LogP contribution in [0.4, 0.5) is 11.8 Å². The number of nitrogens with two attached hydrogens (primary N) is 1. The molecular weight excluding hydrogens is 274 g/mol. The van der Waals surface area contributed by atoms with Crippen LogP contribution in [0.2, 0.25) is 0 Å². The van der Waals surface area contributed by atoms with Crippen LogP contribution in [0.25, 0.3) is 11.0 Å². The first-order valence-corrected chi connectivity index (χ1v) is 7.00. The molecule has 0 atom stereocenters. The summed E-state index contributed by atoms with van der Waals surface area (Å²) in [7, 11) is 3.76. The standard InChI is InChI=1S/C12H15N7S/c1-7-6-20-9(15-7)5-18(2)12-16-10(13)8-4-14-19(3)11(8)17-12/h4,6H,5H2,1-3H3,(H2,13,16,17). The normalized spacial score (nSPS) is 11.2. The summed E-state index contributed by atoms with van der Waals surface area (Å²) in [5.74, 6) is 1.02. The van der Waals surface area contributed by atoms with Crippen LogP contribution in [0.1, 0.15) is 10.7 Å². The van der Waals surface area contributed by atoms with E-state index in [2.05, 4.69) is 20.1 Å². The first kappa shape index (κ1) is 12.8. The maximum absolute atomic E-state index is 5.96. The number of nitrogen functional groups attached to an aromatic ring is 1. The number of rotatable bonds is 3. The van der Waals surface area contributed by atoms with Gasteiger partial charge in [-0.15, -0.1) is 11.3 Å². The number of thiazole rings is 1. The summed E-state index contributed by atoms with van der Waals surface area (Å²) in [5.41, 5.74) is 7.72. The highest BCUT2D eigenvalue weighted by molar-refractivity contribution is 7.09. The Kier molecular flexibility index (Phi) is 3.01. The van der Waals surface area contributed by atoms with Gasteiger partial charge in [-0.3, -0.25) is 4.68 Å². The lowest BCUT2D eigenvalue weighted by Gasteiger charge is -2.15. The van der Waals surface area contributed by atoms with Crippen molar-refractivity contribution in [2.45, 2.75) is 13.5 Å². The van der Waals surface area contributed by atoms with Gasteiger partial charge in [0, 0.05) is 25.2 Å². The summed E-state index contributed by atoms with van der Waals surface area (Å²) in [6.07, 6.45) is 1.68. The Labute approximate surface area is 120 Å². The Morgan fingerprint density at radius 2 is 2.15 bits per heavy atom. The fourth-order valence-corrected chi connectivity index (χ4v) is 2.78. The summed E-state index contributed by atoms with van der Waals surface area (Å²) in [4.78, 5) is 15.2. The average Bonchev–Trinajstić information content (AvgIpc) is 2.97. The van der Waals surface area contributed by atoms with Crippen LogP contribution in [-0.4, -0.2) is 31.8 Å². The zero-order valence-electron chi connectivity index (χ0n) is 11.5. The average molecular weight is 289 g/mol. The Bertz CT molecular complexity index is 760. The van der Waals surface area contributed by atoms with Crippen LogP contribution in [0, 0.1) is 6.92 Å². The Hall–Kier alpha value is -2.22. The molecule has 0 bridgehead atoms. The molecule has 0 saturated heterocycles. The number of hydrogen-bond acceptors (Lipinski definition) is 7. The van der Waals surface area contributed by atoms with E-state index < -0.39 is 0 Å². The van der Waals surface area contributed by atoms with Crippen molar-refractivity contribution in [3.63, 3.8) is 0 Å². The third-order valence-corrected chi connectivity index (χ3v) is 3.94. The van der Waals surface area contributed by atoms with Gasteiger partial charge in [-0.2, -0.15) is 15.1 Å². The minimum Gasteiger partial charge on any atom is -0.383 e. The molecule has 0 unspecified atom stereocenters. The van der Waals surface area contributed by atoms with Crippen molar-refractivity contribution < 1.29 is 0 Å². The van der Waals surface area contributed by atoms with Gasteiger partial charge in [-0.25, -0.2) is 4.98 Å². The van der Waals surface area contributed by atoms with Crippen LogP contribution in [0.15, 0.2) is 11.6 Å². The Morgan fingerprint density at radius 3 is 2.85 bits per heavy atom. The molecular formula is C12H15N7S. The van der Waals surface area contributed by atoms with E-state index in [4.69, 9.17) is 5.73 Å². The maximum atomic E-state index is 5.96. The van der Waals surface area contributed by atoms with E-state index in [1.165, 1.54) is 0 Å². The van der Waals surface area contributed by atoms with E-state index in [-0.39, 0.29) is 0 Å². The third kappa shape index (κ3) is 2.18. The lowest BCUT2D eigenvalue weighted by molar-refractivity contribution is 0.780. The summed E-state index contributed by atoms with van der Waals surface area (Å²) in [6.45, 7) is 2.64. The first-order chi connectivity index (χ1) is 9.54. The van der Waals surface area contributed by atoms with Crippen LogP contribution in [0.5, 0.6) is 0 Å². The molecule has 0 radical (unpaired) electrons. The molecule has 0 aromatic carbocycles. The van der Waals surface area contributed by atoms with Crippen molar-refractivity contribution in [2.75, 3.05) is 17.7 Å². The van der Waals surface area contributed by atoms with E-state index in [0.29, 0.717) is 18.3 Å². The van der Waals surface area contributed by atoms with Gasteiger partial charge >= 0.3 is 0 Å². The minimum absolute atomic E-state index is 0.445. The van der Waals surface area contributed by atoms with Gasteiger partial charge in [0.25, 0.3) is 0 Å². The first-order valence-electron chi connectivity index (χ1n) is 6.12. The molecule has 3 aromatic rings. The highest BCUT2D eigenvalue weighted by Gasteiger charge is 2.13. The van der Waals surface area contributed by atoms with E-state index in [1.54, 1.807) is 22.2 Å². The van der Waals surface area contributed by atoms with E-state index >= 15 is 0 Å². The van der Waals surface area contributed by atoms with Gasteiger partial charge in [-0.05, 0) is 6.92 Å². The highest BCUT2D eigenvalue weighted by atomic mass is 32.1. The predicted octanol–water partition coefficient (Wildman–Crippen LogP) is 1.35. The lowest BCUT2D eigenvalue weighted by atomic mass is 10.4. The van der Waals surface area contributed by atoms with Crippen LogP contribution in [-0.2, 0) is 13.6 Å². The molecule has 3 heterocycles. The molecule has 0 fully saturated rings. The molecule has 3 rings (SSSR count). The zero-order valence-corrected chi connectivity index (χ0v) is 12.3. The monoisotopic (exact) mass is 289 g/mol. The second kappa shape index (κ2) is 4.71. The van der Waals surface area contributed by atoms with E-state index in [1.807, 2.05) is 31.3 Å². The quantitative estimate of drug-likeness (QED) is 0.783. The molecule has 20 heavy (non-hydrogen) atoms. The smallest absolute Gasteiger partial charge is 0.229 e. The predicted molar refractivity (Wildman–Crippen MR) is 79.7 cm³/mol. The van der Waals surface area contributed by atoms with Gasteiger partial charge in [-0.1, -0.05) is 0 Å². The molecule has 104 valence electrons. The van der Waals surface area contributed by atoms with Gasteiger partial charge in [0.2, 0.25) is 5.95 Å². The molecule has 0 spiro atoms. The highest BCUT2D eigenvalue weighted by Crippen LogP contribution is 2.21. The van der Waals surface area contributed by atoms with Crippen LogP contribution < -0.4 is 10.6 Å². The SMILES string of the molecule is Cc1csc(CN(C)c2nc(N)c3cnn(C)c3n2)n1. The van der Waals surface area contributed by atoms with Gasteiger partial charge in [0.1, 0.15) is 10.8 Å². The van der Waals surface area contributed by atoms with E-state index in [0.717, 1.165) is 21.7 Å². The third-order valence-electron chi connectivity index (χ3n) is 2.99. The van der Waals surface area contributed by atoms with Gasteiger partial charge < -0.3 is 10.6 Å².